The predicted molar refractivity (Wildman–Crippen MR) is 56.5 cm³/mol. The van der Waals surface area contributed by atoms with Crippen LogP contribution < -0.4 is 0 Å². The minimum Gasteiger partial charge on any atom is -0.329 e. The summed E-state index contributed by atoms with van der Waals surface area (Å²) in [6.07, 6.45) is 2.36. The summed E-state index contributed by atoms with van der Waals surface area (Å²) in [5, 5.41) is 0. The molecule has 2 rings (SSSR count). The minimum atomic E-state index is -0.370. The zero-order valence-corrected chi connectivity index (χ0v) is 8.73. The Morgan fingerprint density at radius 3 is 2.69 bits per heavy atom. The van der Waals surface area contributed by atoms with E-state index in [0.717, 1.165) is 19.1 Å². The number of nitrogens with zero attached hydrogens (tertiary/aromatic N) is 1. The monoisotopic (exact) mass is 221 g/mol. The highest BCUT2D eigenvalue weighted by atomic mass is 19.1. The van der Waals surface area contributed by atoms with Gasteiger partial charge in [0.05, 0.1) is 6.04 Å². The van der Waals surface area contributed by atoms with E-state index in [1.54, 1.807) is 4.90 Å². The van der Waals surface area contributed by atoms with Gasteiger partial charge in [0, 0.05) is 12.1 Å². The van der Waals surface area contributed by atoms with Gasteiger partial charge in [0.25, 0.3) is 5.91 Å². The maximum Gasteiger partial charge on any atom is 0.254 e. The van der Waals surface area contributed by atoms with Gasteiger partial charge in [-0.2, -0.15) is 0 Å². The molecule has 3 nitrogen and oxygen atoms in total. The molecule has 0 saturated carbocycles. The number of rotatable bonds is 2. The van der Waals surface area contributed by atoms with Gasteiger partial charge in [0.15, 0.2) is 0 Å². The number of likely N-dealkylation sites (tertiary alicyclic amines) is 1. The molecule has 0 spiro atoms. The molecule has 1 amide bonds. The molecule has 0 aromatic heterocycles. The van der Waals surface area contributed by atoms with Crippen molar-refractivity contribution in [3.8, 4) is 0 Å². The van der Waals surface area contributed by atoms with Crippen LogP contribution in [0.2, 0.25) is 0 Å². The second kappa shape index (κ2) is 4.43. The summed E-state index contributed by atoms with van der Waals surface area (Å²) in [7, 11) is 0. The molecule has 1 fully saturated rings. The summed E-state index contributed by atoms with van der Waals surface area (Å²) in [4.78, 5) is 24.3. The molecule has 1 heterocycles. The SMILES string of the molecule is O=CC1CCCN1C(=O)c1ccc(F)cc1. The van der Waals surface area contributed by atoms with Gasteiger partial charge in [-0.1, -0.05) is 0 Å². The van der Waals surface area contributed by atoms with Crippen molar-refractivity contribution in [2.75, 3.05) is 6.54 Å². The van der Waals surface area contributed by atoms with Crippen LogP contribution in [-0.2, 0) is 4.79 Å². The fourth-order valence-electron chi connectivity index (χ4n) is 1.94. The third kappa shape index (κ3) is 1.96. The first kappa shape index (κ1) is 10.8. The van der Waals surface area contributed by atoms with Crippen LogP contribution in [-0.4, -0.2) is 29.7 Å². The molecule has 1 aromatic rings. The van der Waals surface area contributed by atoms with Crippen molar-refractivity contribution < 1.29 is 14.0 Å². The highest BCUT2D eigenvalue weighted by Gasteiger charge is 2.28. The molecule has 16 heavy (non-hydrogen) atoms. The molecule has 84 valence electrons. The number of aldehydes is 1. The summed E-state index contributed by atoms with van der Waals surface area (Å²) in [6, 6.07) is 5.06. The summed E-state index contributed by atoms with van der Waals surface area (Å²) >= 11 is 0. The van der Waals surface area contributed by atoms with Crippen LogP contribution in [0.15, 0.2) is 24.3 Å². The molecule has 1 aliphatic rings. The van der Waals surface area contributed by atoms with E-state index >= 15 is 0 Å². The minimum absolute atomic E-state index is 0.199. The molecule has 1 aromatic carbocycles. The van der Waals surface area contributed by atoms with Crippen LogP contribution in [0.25, 0.3) is 0 Å². The standard InChI is InChI=1S/C12H12FNO2/c13-10-5-3-9(4-6-10)12(16)14-7-1-2-11(14)8-15/h3-6,8,11H,1-2,7H2. The Hall–Kier alpha value is -1.71. The number of hydrogen-bond acceptors (Lipinski definition) is 2. The number of halogens is 1. The lowest BCUT2D eigenvalue weighted by atomic mass is 10.2. The van der Waals surface area contributed by atoms with E-state index < -0.39 is 0 Å². The van der Waals surface area contributed by atoms with Crippen molar-refractivity contribution in [1.82, 2.24) is 4.90 Å². The first-order valence-electron chi connectivity index (χ1n) is 5.24. The van der Waals surface area contributed by atoms with Gasteiger partial charge in [-0.05, 0) is 37.1 Å². The molecule has 1 atom stereocenters. The average Bonchev–Trinajstić information content (AvgIpc) is 2.77. The van der Waals surface area contributed by atoms with Crippen molar-refractivity contribution in [3.05, 3.63) is 35.6 Å². The lowest BCUT2D eigenvalue weighted by Gasteiger charge is -2.20. The highest BCUT2D eigenvalue weighted by molar-refractivity contribution is 5.95. The van der Waals surface area contributed by atoms with Crippen molar-refractivity contribution >= 4 is 12.2 Å². The van der Waals surface area contributed by atoms with Gasteiger partial charge < -0.3 is 9.69 Å². The van der Waals surface area contributed by atoms with E-state index in [2.05, 4.69) is 0 Å². The predicted octanol–water partition coefficient (Wildman–Crippen LogP) is 1.63. The Kier molecular flexibility index (Phi) is 2.99. The van der Waals surface area contributed by atoms with Gasteiger partial charge in [-0.3, -0.25) is 4.79 Å². The van der Waals surface area contributed by atoms with Crippen LogP contribution in [0.5, 0.6) is 0 Å². The normalized spacial score (nSPS) is 19.8. The van der Waals surface area contributed by atoms with Gasteiger partial charge in [-0.15, -0.1) is 0 Å². The van der Waals surface area contributed by atoms with Crippen LogP contribution in [0, 0.1) is 5.82 Å². The fraction of sp³-hybridized carbons (Fsp3) is 0.333. The maximum atomic E-state index is 12.7. The van der Waals surface area contributed by atoms with E-state index in [9.17, 15) is 14.0 Å². The van der Waals surface area contributed by atoms with Gasteiger partial charge in [0.1, 0.15) is 12.1 Å². The molecule has 1 aliphatic heterocycles. The Morgan fingerprint density at radius 2 is 2.06 bits per heavy atom. The van der Waals surface area contributed by atoms with Crippen LogP contribution >= 0.6 is 0 Å². The fourth-order valence-corrected chi connectivity index (χ4v) is 1.94. The van der Waals surface area contributed by atoms with Crippen molar-refractivity contribution in [2.45, 2.75) is 18.9 Å². The van der Waals surface area contributed by atoms with Gasteiger partial charge >= 0.3 is 0 Å². The molecular formula is C12H12FNO2. The van der Waals surface area contributed by atoms with E-state index in [1.807, 2.05) is 0 Å². The number of benzene rings is 1. The zero-order chi connectivity index (χ0) is 11.5. The first-order chi connectivity index (χ1) is 7.72. The first-order valence-corrected chi connectivity index (χ1v) is 5.24. The number of carbonyl (C=O) groups is 2. The van der Waals surface area contributed by atoms with Crippen LogP contribution in [0.1, 0.15) is 23.2 Å². The maximum absolute atomic E-state index is 12.7. The molecular weight excluding hydrogens is 209 g/mol. The summed E-state index contributed by atoms with van der Waals surface area (Å²) in [5.74, 6) is -0.570. The van der Waals surface area contributed by atoms with E-state index in [4.69, 9.17) is 0 Å². The molecule has 0 N–H and O–H groups in total. The number of hydrogen-bond donors (Lipinski definition) is 0. The second-order valence-electron chi connectivity index (χ2n) is 3.85. The summed E-state index contributed by atoms with van der Waals surface area (Å²) in [5.41, 5.74) is 0.426. The van der Waals surface area contributed by atoms with E-state index in [-0.39, 0.29) is 17.8 Å². The lowest BCUT2D eigenvalue weighted by molar-refractivity contribution is -0.111. The molecule has 4 heteroatoms. The van der Waals surface area contributed by atoms with Crippen molar-refractivity contribution in [1.29, 1.82) is 0 Å². The van der Waals surface area contributed by atoms with Crippen molar-refractivity contribution in [2.24, 2.45) is 0 Å². The van der Waals surface area contributed by atoms with E-state index in [1.165, 1.54) is 24.3 Å². The van der Waals surface area contributed by atoms with Gasteiger partial charge in [-0.25, -0.2) is 4.39 Å². The molecule has 1 saturated heterocycles. The van der Waals surface area contributed by atoms with Crippen LogP contribution in [0.4, 0.5) is 4.39 Å². The molecule has 0 bridgehead atoms. The van der Waals surface area contributed by atoms with Gasteiger partial charge in [0.2, 0.25) is 0 Å². The Bertz CT molecular complexity index is 402. The number of carbonyl (C=O) groups excluding carboxylic acids is 2. The lowest BCUT2D eigenvalue weighted by Crippen LogP contribution is -2.36. The summed E-state index contributed by atoms with van der Waals surface area (Å²) in [6.45, 7) is 0.597. The highest BCUT2D eigenvalue weighted by Crippen LogP contribution is 2.18. The second-order valence-corrected chi connectivity index (χ2v) is 3.85. The summed E-state index contributed by atoms with van der Waals surface area (Å²) < 4.78 is 12.7. The van der Waals surface area contributed by atoms with Crippen LogP contribution in [0.3, 0.4) is 0 Å². The largest absolute Gasteiger partial charge is 0.329 e. The Balaban J connectivity index is 2.18. The molecule has 1 unspecified atom stereocenters. The Labute approximate surface area is 92.9 Å². The molecule has 0 radical (unpaired) electrons. The Morgan fingerprint density at radius 1 is 1.38 bits per heavy atom. The topological polar surface area (TPSA) is 37.4 Å². The van der Waals surface area contributed by atoms with Crippen molar-refractivity contribution in [3.63, 3.8) is 0 Å². The number of amides is 1. The zero-order valence-electron chi connectivity index (χ0n) is 8.73. The quantitative estimate of drug-likeness (QED) is 0.712. The molecule has 0 aliphatic carbocycles. The van der Waals surface area contributed by atoms with E-state index in [0.29, 0.717) is 12.1 Å². The third-order valence-electron chi connectivity index (χ3n) is 2.81. The smallest absolute Gasteiger partial charge is 0.254 e. The average molecular weight is 221 g/mol. The third-order valence-corrected chi connectivity index (χ3v) is 2.81.